The molecule has 2 unspecified atom stereocenters. The zero-order valence-corrected chi connectivity index (χ0v) is 22.0. The summed E-state index contributed by atoms with van der Waals surface area (Å²) in [6.45, 7) is 1.66. The van der Waals surface area contributed by atoms with Gasteiger partial charge in [0.25, 0.3) is 16.7 Å². The van der Waals surface area contributed by atoms with Gasteiger partial charge in [-0.2, -0.15) is 8.78 Å². The highest BCUT2D eigenvalue weighted by Gasteiger charge is 2.50. The van der Waals surface area contributed by atoms with Gasteiger partial charge in [0.1, 0.15) is 11.4 Å². The Morgan fingerprint density at radius 2 is 1.80 bits per heavy atom. The predicted octanol–water partition coefficient (Wildman–Crippen LogP) is 2.40. The largest absolute Gasteiger partial charge is 0.415 e. The van der Waals surface area contributed by atoms with E-state index >= 15 is 0 Å². The quantitative estimate of drug-likeness (QED) is 0.295. The molecular weight excluding hydrogens is 542 g/mol. The number of likely N-dealkylation sites (tertiary alicyclic amines) is 1. The van der Waals surface area contributed by atoms with Gasteiger partial charge in [0, 0.05) is 65.4 Å². The summed E-state index contributed by atoms with van der Waals surface area (Å²) < 4.78 is 42.3. The molecule has 0 spiro atoms. The lowest BCUT2D eigenvalue weighted by molar-refractivity contribution is 0.116. The van der Waals surface area contributed by atoms with E-state index in [9.17, 15) is 22.6 Å². The van der Waals surface area contributed by atoms with Gasteiger partial charge in [-0.05, 0) is 30.7 Å². The van der Waals surface area contributed by atoms with Gasteiger partial charge in [-0.1, -0.05) is 18.2 Å². The van der Waals surface area contributed by atoms with Crippen LogP contribution in [0.5, 0.6) is 0 Å². The lowest BCUT2D eigenvalue weighted by Crippen LogP contribution is -2.59. The topological polar surface area (TPSA) is 113 Å². The van der Waals surface area contributed by atoms with Crippen molar-refractivity contribution in [3.05, 3.63) is 80.7 Å². The number of pyridine rings is 1. The molecule has 0 radical (unpaired) electrons. The Kier molecular flexibility index (Phi) is 6.08. The van der Waals surface area contributed by atoms with Crippen LogP contribution in [0.3, 0.4) is 0 Å². The van der Waals surface area contributed by atoms with Crippen LogP contribution in [-0.4, -0.2) is 67.0 Å². The van der Waals surface area contributed by atoms with E-state index in [0.717, 1.165) is 18.7 Å². The summed E-state index contributed by atoms with van der Waals surface area (Å²) in [6, 6.07) is 13.4. The molecule has 3 aliphatic rings. The molecule has 7 rings (SSSR count). The van der Waals surface area contributed by atoms with Crippen LogP contribution in [-0.2, 0) is 17.3 Å². The summed E-state index contributed by atoms with van der Waals surface area (Å²) in [5.41, 5.74) is 1.50. The normalized spacial score (nSPS) is 24.2. The molecule has 5 heterocycles. The van der Waals surface area contributed by atoms with Crippen LogP contribution >= 0.6 is 0 Å². The van der Waals surface area contributed by atoms with Gasteiger partial charge in [0.15, 0.2) is 0 Å². The number of piperazine rings is 1. The summed E-state index contributed by atoms with van der Waals surface area (Å²) >= 11 is 0. The van der Waals surface area contributed by atoms with Gasteiger partial charge in [0.05, 0.1) is 17.8 Å². The van der Waals surface area contributed by atoms with Crippen molar-refractivity contribution in [3.63, 3.8) is 0 Å². The Hall–Kier alpha value is -3.84. The first-order chi connectivity index (χ1) is 19.4. The molecule has 0 N–H and O–H groups in total. The van der Waals surface area contributed by atoms with Gasteiger partial charge < -0.3 is 14.2 Å². The lowest BCUT2D eigenvalue weighted by atomic mass is 10.1. The number of aromatic nitrogens is 3. The van der Waals surface area contributed by atoms with E-state index in [1.807, 2.05) is 35.2 Å². The highest BCUT2D eigenvalue weighted by atomic mass is 32.2. The molecule has 206 valence electrons. The second-order valence-electron chi connectivity index (χ2n) is 10.4. The molecule has 3 aliphatic heterocycles. The second kappa shape index (κ2) is 9.66. The monoisotopic (exact) mass is 566 g/mol. The SMILES string of the molecule is O=c1c(N(Cc2ccc(-c3nnc(C(F)F)o3)cn2)c2ccccc2)c(N2CC3CC2CN3C2CS(=O)C2)c1=O. The van der Waals surface area contributed by atoms with E-state index in [1.54, 1.807) is 12.1 Å². The number of rotatable bonds is 8. The van der Waals surface area contributed by atoms with Gasteiger partial charge in [-0.3, -0.25) is 23.7 Å². The standard InChI is InChI=1S/C27H24F2N6O4S/c28-25(29)27-32-31-26(39-27)15-6-7-16(30-9-15)10-34(17-4-2-1-3-5-17)21-22(24(37)23(21)36)35-12-18-8-19(35)11-33(18)20-13-40(38)14-20/h1-7,9,18-20,25H,8,10-14H2. The maximum atomic E-state index is 13.1. The number of fused-ring (bicyclic) bond motifs is 2. The van der Waals surface area contributed by atoms with Crippen LogP contribution in [0, 0.1) is 0 Å². The minimum atomic E-state index is -2.87. The molecule has 2 aromatic carbocycles. The Bertz CT molecular complexity index is 1650. The van der Waals surface area contributed by atoms with Crippen molar-refractivity contribution < 1.29 is 17.4 Å². The number of hydrogen-bond donors (Lipinski definition) is 0. The van der Waals surface area contributed by atoms with E-state index in [-0.39, 0.29) is 24.5 Å². The molecule has 2 bridgehead atoms. The minimum absolute atomic E-state index is 0.0645. The predicted molar refractivity (Wildman–Crippen MR) is 144 cm³/mol. The number of alkyl halides is 2. The fraction of sp³-hybridized carbons (Fsp3) is 0.370. The summed E-state index contributed by atoms with van der Waals surface area (Å²) in [6.07, 6.45) is -0.499. The van der Waals surface area contributed by atoms with Crippen LogP contribution in [0.1, 0.15) is 24.4 Å². The maximum absolute atomic E-state index is 13.1. The smallest absolute Gasteiger partial charge is 0.314 e. The second-order valence-corrected chi connectivity index (χ2v) is 11.9. The zero-order chi connectivity index (χ0) is 27.5. The first-order valence-electron chi connectivity index (χ1n) is 13.0. The fourth-order valence-electron chi connectivity index (χ4n) is 6.03. The third-order valence-electron chi connectivity index (χ3n) is 8.01. The molecule has 0 saturated carbocycles. The lowest BCUT2D eigenvalue weighted by Gasteiger charge is -2.43. The first-order valence-corrected chi connectivity index (χ1v) is 14.5. The third-order valence-corrected chi connectivity index (χ3v) is 9.53. The van der Waals surface area contributed by atoms with Crippen molar-refractivity contribution in [1.29, 1.82) is 0 Å². The van der Waals surface area contributed by atoms with Crippen molar-refractivity contribution in [2.75, 3.05) is 34.4 Å². The average molecular weight is 567 g/mol. The van der Waals surface area contributed by atoms with Crippen molar-refractivity contribution in [2.24, 2.45) is 0 Å². The van der Waals surface area contributed by atoms with Crippen LogP contribution in [0.25, 0.3) is 11.5 Å². The van der Waals surface area contributed by atoms with Gasteiger partial charge in [-0.25, -0.2) is 0 Å². The third kappa shape index (κ3) is 4.15. The van der Waals surface area contributed by atoms with Crippen molar-refractivity contribution in [1.82, 2.24) is 20.1 Å². The molecule has 0 amide bonds. The van der Waals surface area contributed by atoms with Crippen LogP contribution in [0.2, 0.25) is 0 Å². The average Bonchev–Trinajstić information content (AvgIpc) is 3.70. The minimum Gasteiger partial charge on any atom is -0.415 e. The van der Waals surface area contributed by atoms with Gasteiger partial charge >= 0.3 is 6.43 Å². The van der Waals surface area contributed by atoms with Crippen LogP contribution < -0.4 is 20.7 Å². The van der Waals surface area contributed by atoms with Crippen molar-refractivity contribution >= 4 is 27.9 Å². The summed E-state index contributed by atoms with van der Waals surface area (Å²) in [5.74, 6) is 0.595. The van der Waals surface area contributed by atoms with Gasteiger partial charge in [-0.15, -0.1) is 10.2 Å². The Labute approximate surface area is 229 Å². The molecule has 13 heteroatoms. The molecule has 3 fully saturated rings. The number of benzene rings is 1. The Balaban J connectivity index is 1.16. The van der Waals surface area contributed by atoms with Crippen molar-refractivity contribution in [3.8, 4) is 11.5 Å². The number of hydrogen-bond acceptors (Lipinski definition) is 10. The molecule has 3 saturated heterocycles. The van der Waals surface area contributed by atoms with Crippen molar-refractivity contribution in [2.45, 2.75) is 37.5 Å². The molecule has 10 nitrogen and oxygen atoms in total. The van der Waals surface area contributed by atoms with E-state index < -0.39 is 34.0 Å². The highest BCUT2D eigenvalue weighted by molar-refractivity contribution is 7.86. The van der Waals surface area contributed by atoms with E-state index in [0.29, 0.717) is 46.7 Å². The Morgan fingerprint density at radius 1 is 1.00 bits per heavy atom. The Morgan fingerprint density at radius 3 is 2.42 bits per heavy atom. The number of anilines is 3. The molecular formula is C27H24F2N6O4S. The number of para-hydroxylation sites is 1. The van der Waals surface area contributed by atoms with Crippen LogP contribution in [0.15, 0.2) is 62.7 Å². The first kappa shape index (κ1) is 25.1. The molecule has 0 aliphatic carbocycles. The summed E-state index contributed by atoms with van der Waals surface area (Å²) in [7, 11) is -0.723. The highest BCUT2D eigenvalue weighted by Crippen LogP contribution is 2.41. The van der Waals surface area contributed by atoms with E-state index in [2.05, 4.69) is 25.0 Å². The zero-order valence-electron chi connectivity index (χ0n) is 21.2. The molecule has 2 atom stereocenters. The van der Waals surface area contributed by atoms with Crippen LogP contribution in [0.4, 0.5) is 25.8 Å². The summed E-state index contributed by atoms with van der Waals surface area (Å²) in [5, 5.41) is 7.00. The number of nitrogens with zero attached hydrogens (tertiary/aromatic N) is 6. The fourth-order valence-corrected chi connectivity index (χ4v) is 7.17. The molecule has 40 heavy (non-hydrogen) atoms. The van der Waals surface area contributed by atoms with E-state index in [4.69, 9.17) is 4.42 Å². The molecule has 2 aromatic heterocycles. The van der Waals surface area contributed by atoms with Gasteiger partial charge in [0.2, 0.25) is 5.89 Å². The maximum Gasteiger partial charge on any atom is 0.314 e. The number of halogens is 2. The summed E-state index contributed by atoms with van der Waals surface area (Å²) in [4.78, 5) is 36.8. The van der Waals surface area contributed by atoms with E-state index in [1.165, 1.54) is 6.20 Å². The molecule has 4 aromatic rings.